The summed E-state index contributed by atoms with van der Waals surface area (Å²) < 4.78 is 10.9. The van der Waals surface area contributed by atoms with E-state index < -0.39 is 0 Å². The van der Waals surface area contributed by atoms with E-state index in [2.05, 4.69) is 13.5 Å². The molecule has 0 spiro atoms. The third-order valence-electron chi connectivity index (χ3n) is 3.47. The zero-order chi connectivity index (χ0) is 15.0. The monoisotopic (exact) mass is 276 g/mol. The fourth-order valence-corrected chi connectivity index (χ4v) is 2.46. The molecule has 110 valence electrons. The van der Waals surface area contributed by atoms with Crippen molar-refractivity contribution < 1.29 is 14.3 Å². The molecule has 0 aromatic heterocycles. The van der Waals surface area contributed by atoms with Gasteiger partial charge in [0, 0.05) is 11.1 Å². The maximum Gasteiger partial charge on any atom is 0.150 e. The summed E-state index contributed by atoms with van der Waals surface area (Å²) in [5.41, 5.74) is 1.60. The Bertz CT molecular complexity index is 427. The molecule has 0 amide bonds. The van der Waals surface area contributed by atoms with Crippen LogP contribution in [0.4, 0.5) is 0 Å². The molecule has 1 aromatic rings. The fraction of sp³-hybridized carbons (Fsp3) is 0.471. The summed E-state index contributed by atoms with van der Waals surface area (Å²) in [4.78, 5) is 11.0. The van der Waals surface area contributed by atoms with Crippen molar-refractivity contribution in [2.75, 3.05) is 14.2 Å². The quantitative estimate of drug-likeness (QED) is 0.496. The number of allylic oxidation sites excluding steroid dienone is 1. The van der Waals surface area contributed by atoms with Crippen molar-refractivity contribution >= 4 is 6.29 Å². The highest BCUT2D eigenvalue weighted by atomic mass is 16.5. The second-order valence-electron chi connectivity index (χ2n) is 4.82. The minimum Gasteiger partial charge on any atom is -0.496 e. The molecule has 0 aliphatic rings. The second kappa shape index (κ2) is 8.41. The normalized spacial score (nSPS) is 11.8. The molecule has 0 bridgehead atoms. The summed E-state index contributed by atoms with van der Waals surface area (Å²) in [6.07, 6.45) is 6.93. The highest BCUT2D eigenvalue weighted by molar-refractivity contribution is 5.77. The summed E-state index contributed by atoms with van der Waals surface area (Å²) in [6, 6.07) is 3.54. The Kier molecular flexibility index (Phi) is 6.85. The molecule has 0 saturated heterocycles. The summed E-state index contributed by atoms with van der Waals surface area (Å²) in [7, 11) is 3.25. The van der Waals surface area contributed by atoms with Gasteiger partial charge in [0.2, 0.25) is 0 Å². The molecular formula is C17H24O3. The topological polar surface area (TPSA) is 35.5 Å². The highest BCUT2D eigenvalue weighted by Crippen LogP contribution is 2.40. The third-order valence-corrected chi connectivity index (χ3v) is 3.47. The molecule has 0 unspecified atom stereocenters. The van der Waals surface area contributed by atoms with Crippen molar-refractivity contribution in [1.29, 1.82) is 0 Å². The van der Waals surface area contributed by atoms with Gasteiger partial charge in [-0.15, -0.1) is 6.58 Å². The first-order chi connectivity index (χ1) is 9.71. The van der Waals surface area contributed by atoms with E-state index in [-0.39, 0.29) is 0 Å². The first-order valence-electron chi connectivity index (χ1n) is 7.03. The molecule has 0 saturated carbocycles. The Hall–Kier alpha value is -1.77. The number of carbonyl (C=O) groups is 1. The Morgan fingerprint density at radius 3 is 2.25 bits per heavy atom. The van der Waals surface area contributed by atoms with Crippen LogP contribution in [-0.4, -0.2) is 20.5 Å². The van der Waals surface area contributed by atoms with Crippen LogP contribution in [0.15, 0.2) is 24.8 Å². The van der Waals surface area contributed by atoms with Crippen LogP contribution in [0.3, 0.4) is 0 Å². The molecule has 3 heteroatoms. The number of ether oxygens (including phenoxy) is 2. The van der Waals surface area contributed by atoms with E-state index in [1.54, 1.807) is 26.4 Å². The number of unbranched alkanes of at least 4 members (excludes halogenated alkanes) is 1. The molecule has 0 radical (unpaired) electrons. The second-order valence-corrected chi connectivity index (χ2v) is 4.82. The Labute approximate surface area is 121 Å². The number of rotatable bonds is 9. The molecule has 1 atom stereocenters. The Balaban J connectivity index is 3.28. The average Bonchev–Trinajstić information content (AvgIpc) is 2.50. The van der Waals surface area contributed by atoms with Crippen molar-refractivity contribution in [2.45, 2.75) is 38.5 Å². The van der Waals surface area contributed by atoms with Gasteiger partial charge in [-0.2, -0.15) is 0 Å². The predicted octanol–water partition coefficient (Wildman–Crippen LogP) is 4.37. The van der Waals surface area contributed by atoms with Gasteiger partial charge in [-0.25, -0.2) is 0 Å². The van der Waals surface area contributed by atoms with Gasteiger partial charge in [0.1, 0.15) is 17.8 Å². The molecular weight excluding hydrogens is 252 g/mol. The maximum absolute atomic E-state index is 11.0. The van der Waals surface area contributed by atoms with Crippen LogP contribution in [0.5, 0.6) is 11.5 Å². The van der Waals surface area contributed by atoms with Gasteiger partial charge in [-0.1, -0.05) is 25.8 Å². The van der Waals surface area contributed by atoms with Gasteiger partial charge >= 0.3 is 0 Å². The average molecular weight is 276 g/mol. The summed E-state index contributed by atoms with van der Waals surface area (Å²) in [5, 5.41) is 0. The highest BCUT2D eigenvalue weighted by Gasteiger charge is 2.20. The fourth-order valence-electron chi connectivity index (χ4n) is 2.46. The number of methoxy groups -OCH3 is 2. The Morgan fingerprint density at radius 1 is 1.25 bits per heavy atom. The minimum atomic E-state index is 0.304. The molecule has 20 heavy (non-hydrogen) atoms. The Morgan fingerprint density at radius 2 is 1.85 bits per heavy atom. The van der Waals surface area contributed by atoms with E-state index >= 15 is 0 Å². The van der Waals surface area contributed by atoms with Gasteiger partial charge in [0.25, 0.3) is 0 Å². The van der Waals surface area contributed by atoms with Crippen molar-refractivity contribution in [3.8, 4) is 11.5 Å². The van der Waals surface area contributed by atoms with Crippen LogP contribution >= 0.6 is 0 Å². The first kappa shape index (κ1) is 16.3. The van der Waals surface area contributed by atoms with Gasteiger partial charge in [0.15, 0.2) is 0 Å². The zero-order valence-corrected chi connectivity index (χ0v) is 12.6. The molecule has 1 aromatic carbocycles. The van der Waals surface area contributed by atoms with E-state index in [0.29, 0.717) is 11.5 Å². The number of aldehydes is 1. The maximum atomic E-state index is 11.0. The van der Waals surface area contributed by atoms with Crippen molar-refractivity contribution in [3.63, 3.8) is 0 Å². The molecule has 0 aliphatic carbocycles. The van der Waals surface area contributed by atoms with Crippen LogP contribution < -0.4 is 9.47 Å². The number of hydrogen-bond donors (Lipinski definition) is 0. The first-order valence-corrected chi connectivity index (χ1v) is 7.03. The van der Waals surface area contributed by atoms with Crippen LogP contribution in [0.2, 0.25) is 0 Å². The SMILES string of the molecule is C=CC[C@@H](CCCC)c1c(OC)cc(C=O)cc1OC. The van der Waals surface area contributed by atoms with Crippen LogP contribution in [0.1, 0.15) is 54.4 Å². The lowest BCUT2D eigenvalue weighted by molar-refractivity contribution is 0.112. The molecule has 0 aliphatic heterocycles. The lowest BCUT2D eigenvalue weighted by Crippen LogP contribution is -2.05. The number of carbonyl (C=O) groups excluding carboxylic acids is 1. The van der Waals surface area contributed by atoms with Gasteiger partial charge < -0.3 is 9.47 Å². The third kappa shape index (κ3) is 3.86. The molecule has 0 fully saturated rings. The number of hydrogen-bond acceptors (Lipinski definition) is 3. The molecule has 1 rings (SSSR count). The minimum absolute atomic E-state index is 0.304. The predicted molar refractivity (Wildman–Crippen MR) is 82.0 cm³/mol. The number of benzene rings is 1. The largest absolute Gasteiger partial charge is 0.496 e. The van der Waals surface area contributed by atoms with Crippen molar-refractivity contribution in [1.82, 2.24) is 0 Å². The van der Waals surface area contributed by atoms with Crippen LogP contribution in [-0.2, 0) is 0 Å². The van der Waals surface area contributed by atoms with E-state index in [4.69, 9.17) is 9.47 Å². The molecule has 0 N–H and O–H groups in total. The lowest BCUT2D eigenvalue weighted by Gasteiger charge is -2.21. The van der Waals surface area contributed by atoms with E-state index in [9.17, 15) is 4.79 Å². The van der Waals surface area contributed by atoms with E-state index in [0.717, 1.165) is 49.0 Å². The van der Waals surface area contributed by atoms with Crippen LogP contribution in [0.25, 0.3) is 0 Å². The van der Waals surface area contributed by atoms with Crippen LogP contribution in [0, 0.1) is 0 Å². The van der Waals surface area contributed by atoms with E-state index in [1.165, 1.54) is 0 Å². The van der Waals surface area contributed by atoms with Crippen molar-refractivity contribution in [2.24, 2.45) is 0 Å². The zero-order valence-electron chi connectivity index (χ0n) is 12.6. The molecule has 3 nitrogen and oxygen atoms in total. The van der Waals surface area contributed by atoms with Gasteiger partial charge in [-0.05, 0) is 30.9 Å². The van der Waals surface area contributed by atoms with Gasteiger partial charge in [-0.3, -0.25) is 4.79 Å². The van der Waals surface area contributed by atoms with E-state index in [1.807, 2.05) is 6.08 Å². The van der Waals surface area contributed by atoms with Gasteiger partial charge in [0.05, 0.1) is 14.2 Å². The molecule has 0 heterocycles. The smallest absolute Gasteiger partial charge is 0.150 e. The summed E-state index contributed by atoms with van der Waals surface area (Å²) >= 11 is 0. The summed E-state index contributed by atoms with van der Waals surface area (Å²) in [5.74, 6) is 1.74. The standard InChI is InChI=1S/C17H24O3/c1-5-7-9-14(8-6-2)17-15(19-3)10-13(12-18)11-16(17)20-4/h6,10-12,14H,2,5,7-9H2,1,3-4H3/t14-/m0/s1. The lowest BCUT2D eigenvalue weighted by atomic mass is 9.88. The summed E-state index contributed by atoms with van der Waals surface area (Å²) in [6.45, 7) is 6.02. The van der Waals surface area contributed by atoms with Crippen molar-refractivity contribution in [3.05, 3.63) is 35.9 Å².